The van der Waals surface area contributed by atoms with Gasteiger partial charge in [-0.05, 0) is 163 Å². The molecule has 0 heterocycles. The molecule has 9 rings (SSSR count). The second kappa shape index (κ2) is 29.2. The van der Waals surface area contributed by atoms with Gasteiger partial charge < -0.3 is 18.9 Å². The van der Waals surface area contributed by atoms with Crippen LogP contribution in [0.4, 0.5) is 0 Å². The zero-order valence-corrected chi connectivity index (χ0v) is 49.6. The van der Waals surface area contributed by atoms with Gasteiger partial charge in [-0.15, -0.1) is 4.33 Å². The van der Waals surface area contributed by atoms with Crippen LogP contribution in [0.2, 0.25) is 0 Å². The Kier molecular flexibility index (Phi) is 22.5. The third kappa shape index (κ3) is 17.2. The predicted octanol–water partition coefficient (Wildman–Crippen LogP) is 14.0. The molecule has 9 aromatic carbocycles. The number of carbonyl (C=O) groups excluding carboxylic acids is 1. The number of hydrogen-bond acceptors (Lipinski definition) is 15. The SMILES string of the molecule is COc1ccc(-c2ccc(C)c(-c3ccccc3)c2)cc1-c1ccccc1.COc1ccc(C(=O)c2ccc(C)c(SOOO)c2)cc1S(=O)(=O)O.COc1ccc(C)cc1S(=O)(=O)O.COc1ccc(S(=O)(=O)c2ccc(C)cc2)cc1. The molecule has 83 heavy (non-hydrogen) atoms. The smallest absolute Gasteiger partial charge is 0.298 e. The van der Waals surface area contributed by atoms with E-state index in [2.05, 4.69) is 107 Å². The molecule has 0 aliphatic rings. The summed E-state index contributed by atoms with van der Waals surface area (Å²) < 4.78 is 112. The van der Waals surface area contributed by atoms with Crippen molar-refractivity contribution in [2.24, 2.45) is 0 Å². The van der Waals surface area contributed by atoms with Crippen molar-refractivity contribution in [1.29, 1.82) is 0 Å². The Morgan fingerprint density at radius 3 is 1.40 bits per heavy atom. The molecule has 0 radical (unpaired) electrons. The highest BCUT2D eigenvalue weighted by Crippen LogP contribution is 2.37. The van der Waals surface area contributed by atoms with E-state index < -0.39 is 40.8 Å². The molecule has 0 saturated heterocycles. The number of carbonyl (C=O) groups is 1. The molecule has 0 atom stereocenters. The second-order valence-corrected chi connectivity index (χ2v) is 23.6. The minimum Gasteiger partial charge on any atom is -0.497 e. The van der Waals surface area contributed by atoms with Gasteiger partial charge in [0.05, 0.1) is 50.3 Å². The monoisotopic (exact) mass is 1200 g/mol. The first kappa shape index (κ1) is 64.0. The first-order valence-electron chi connectivity index (χ1n) is 25.0. The Morgan fingerprint density at radius 1 is 0.422 bits per heavy atom. The van der Waals surface area contributed by atoms with E-state index in [1.54, 1.807) is 94.8 Å². The van der Waals surface area contributed by atoms with E-state index in [-0.39, 0.29) is 32.4 Å². The molecule has 0 spiro atoms. The molecule has 3 N–H and O–H groups in total. The minimum atomic E-state index is -4.56. The topological polar surface area (TPSA) is 236 Å². The van der Waals surface area contributed by atoms with Crippen LogP contribution in [-0.2, 0) is 39.4 Å². The van der Waals surface area contributed by atoms with Crippen molar-refractivity contribution < 1.29 is 72.7 Å². The van der Waals surface area contributed by atoms with Gasteiger partial charge in [0.1, 0.15) is 32.8 Å². The summed E-state index contributed by atoms with van der Waals surface area (Å²) in [4.78, 5) is 13.0. The quantitative estimate of drug-likeness (QED) is 0.0268. The van der Waals surface area contributed by atoms with E-state index in [1.165, 1.54) is 72.4 Å². The largest absolute Gasteiger partial charge is 0.497 e. The number of hydrogen-bond donors (Lipinski definition) is 3. The Morgan fingerprint density at radius 2 is 0.867 bits per heavy atom. The highest BCUT2D eigenvalue weighted by molar-refractivity contribution is 7.94. The van der Waals surface area contributed by atoms with Crippen molar-refractivity contribution >= 4 is 47.9 Å². The maximum atomic E-state index is 12.6. The van der Waals surface area contributed by atoms with Gasteiger partial charge in [0.15, 0.2) is 5.78 Å². The van der Waals surface area contributed by atoms with Crippen molar-refractivity contribution in [2.45, 2.75) is 52.2 Å². The predicted molar refractivity (Wildman–Crippen MR) is 319 cm³/mol. The van der Waals surface area contributed by atoms with Crippen LogP contribution >= 0.6 is 12.0 Å². The van der Waals surface area contributed by atoms with Crippen LogP contribution in [0.15, 0.2) is 225 Å². The summed E-state index contributed by atoms with van der Waals surface area (Å²) in [7, 11) is -6.32. The second-order valence-electron chi connectivity index (χ2n) is 18.2. The standard InChI is InChI=1S/C26H22O.C15H14O8S2.C14H14O3S.C8H10O4S/c1-19-13-14-22(17-24(19)20-9-5-3-6-10-20)23-15-16-26(27-2)25(18-23)21-11-7-4-8-12-21;1-9-3-4-10(7-13(9)24-23-22-17)15(16)11-5-6-12(21-2)14(8-11)25(18,19)20;1-11-3-7-13(8-4-11)18(15,16)14-9-5-12(17-2)6-10-14;1-6-3-4-7(12-2)8(5-6)13(9,10)11/h3-18H,1-2H3;3-8,17H,1-2H3,(H,18,19,20);3-10H,1-2H3;3-5H,1-2H3,(H,9,10,11). The number of ether oxygens (including phenoxy) is 4. The summed E-state index contributed by atoms with van der Waals surface area (Å²) in [5, 5.41) is 11.8. The van der Waals surface area contributed by atoms with E-state index in [9.17, 15) is 34.6 Å². The highest BCUT2D eigenvalue weighted by Gasteiger charge is 2.22. The number of aryl methyl sites for hydroxylation is 4. The first-order chi connectivity index (χ1) is 39.5. The first-order valence-corrected chi connectivity index (χ1v) is 30.1. The maximum Gasteiger partial charge on any atom is 0.298 e. The minimum absolute atomic E-state index is 0.0487. The average Bonchev–Trinajstić information content (AvgIpc) is 3.64. The summed E-state index contributed by atoms with van der Waals surface area (Å²) in [6.45, 7) is 7.58. The Labute approximate surface area is 488 Å². The maximum absolute atomic E-state index is 12.6. The zero-order valence-electron chi connectivity index (χ0n) is 46.3. The lowest BCUT2D eigenvalue weighted by atomic mass is 9.93. The van der Waals surface area contributed by atoms with Crippen LogP contribution in [-0.4, -0.2) is 73.8 Å². The van der Waals surface area contributed by atoms with Crippen molar-refractivity contribution in [3.05, 3.63) is 234 Å². The lowest BCUT2D eigenvalue weighted by Gasteiger charge is -2.13. The third-order valence-electron chi connectivity index (χ3n) is 12.5. The van der Waals surface area contributed by atoms with E-state index in [4.69, 9.17) is 28.8 Å². The summed E-state index contributed by atoms with van der Waals surface area (Å²) in [5.41, 5.74) is 11.3. The third-order valence-corrected chi connectivity index (χ3v) is 16.8. The molecule has 0 aromatic heterocycles. The molecule has 9 aromatic rings. The number of rotatable bonds is 16. The van der Waals surface area contributed by atoms with Gasteiger partial charge in [0.25, 0.3) is 20.2 Å². The Balaban J connectivity index is 0.000000184. The van der Waals surface area contributed by atoms with E-state index in [1.807, 2.05) is 13.0 Å². The molecule has 0 aliphatic carbocycles. The number of ketones is 1. The van der Waals surface area contributed by atoms with Crippen molar-refractivity contribution in [3.63, 3.8) is 0 Å². The van der Waals surface area contributed by atoms with Crippen LogP contribution in [0, 0.1) is 27.7 Å². The fraction of sp³-hybridized carbons (Fsp3) is 0.127. The summed E-state index contributed by atoms with van der Waals surface area (Å²) >= 11 is 0.707. The average molecular weight is 1200 g/mol. The van der Waals surface area contributed by atoms with Gasteiger partial charge in [0.2, 0.25) is 9.84 Å². The highest BCUT2D eigenvalue weighted by atomic mass is 32.2. The molecule has 0 fully saturated rings. The molecule has 0 unspecified atom stereocenters. The Hall–Kier alpha value is -8.15. The van der Waals surface area contributed by atoms with Gasteiger partial charge in [0, 0.05) is 21.6 Å². The van der Waals surface area contributed by atoms with Crippen molar-refractivity contribution in [2.75, 3.05) is 28.4 Å². The molecule has 0 bridgehead atoms. The molecule has 0 aliphatic heterocycles. The lowest BCUT2D eigenvalue weighted by Crippen LogP contribution is -2.07. The fourth-order valence-corrected chi connectivity index (χ4v) is 11.3. The van der Waals surface area contributed by atoms with E-state index >= 15 is 0 Å². The number of methoxy groups -OCH3 is 4. The zero-order chi connectivity index (χ0) is 60.5. The molecule has 16 nitrogen and oxygen atoms in total. The van der Waals surface area contributed by atoms with Crippen LogP contribution in [0.5, 0.6) is 23.0 Å². The normalized spacial score (nSPS) is 11.1. The Bertz CT molecular complexity index is 4010. The number of benzene rings is 9. The summed E-state index contributed by atoms with van der Waals surface area (Å²) in [5.74, 6) is 1.12. The molecular weight excluding hydrogens is 1140 g/mol. The molecule has 0 saturated carbocycles. The van der Waals surface area contributed by atoms with Crippen molar-refractivity contribution in [1.82, 2.24) is 0 Å². The van der Waals surface area contributed by atoms with E-state index in [0.29, 0.717) is 27.6 Å². The van der Waals surface area contributed by atoms with Gasteiger partial charge in [-0.1, -0.05) is 120 Å². The summed E-state index contributed by atoms with van der Waals surface area (Å²) in [6.07, 6.45) is 0. The van der Waals surface area contributed by atoms with Crippen LogP contribution in [0.3, 0.4) is 0 Å². The van der Waals surface area contributed by atoms with Crippen molar-refractivity contribution in [3.8, 4) is 56.4 Å². The van der Waals surface area contributed by atoms with Crippen LogP contribution in [0.25, 0.3) is 33.4 Å². The van der Waals surface area contributed by atoms with Crippen LogP contribution < -0.4 is 18.9 Å². The molecule has 20 heteroatoms. The van der Waals surface area contributed by atoms with Gasteiger partial charge >= 0.3 is 0 Å². The fourth-order valence-electron chi connectivity index (χ4n) is 8.12. The molecular formula is C63H60O16S4. The van der Waals surface area contributed by atoms with Gasteiger partial charge in [-0.25, -0.2) is 13.7 Å². The molecule has 0 amide bonds. The number of sulfone groups is 1. The molecule has 432 valence electrons. The van der Waals surface area contributed by atoms with E-state index in [0.717, 1.165) is 39.6 Å². The van der Waals surface area contributed by atoms with Gasteiger partial charge in [-0.3, -0.25) is 13.9 Å². The van der Waals surface area contributed by atoms with Crippen LogP contribution in [0.1, 0.15) is 38.2 Å². The van der Waals surface area contributed by atoms with Gasteiger partial charge in [-0.2, -0.15) is 16.8 Å². The lowest BCUT2D eigenvalue weighted by molar-refractivity contribution is -0.432. The summed E-state index contributed by atoms with van der Waals surface area (Å²) in [6, 6.07) is 60.2.